The number of amides is 1. The van der Waals surface area contributed by atoms with Crippen LogP contribution in [0, 0.1) is 6.92 Å². The lowest BCUT2D eigenvalue weighted by molar-refractivity contribution is 0.0747. The predicted octanol–water partition coefficient (Wildman–Crippen LogP) is 4.52. The third-order valence-corrected chi connectivity index (χ3v) is 5.73. The maximum Gasteiger partial charge on any atom is 0.254 e. The van der Waals surface area contributed by atoms with Crippen molar-refractivity contribution in [2.45, 2.75) is 19.9 Å². The van der Waals surface area contributed by atoms with Gasteiger partial charge in [-0.15, -0.1) is 11.3 Å². The molecule has 0 saturated heterocycles. The molecule has 29 heavy (non-hydrogen) atoms. The Labute approximate surface area is 174 Å². The van der Waals surface area contributed by atoms with E-state index in [1.165, 1.54) is 21.6 Å². The van der Waals surface area contributed by atoms with E-state index in [-0.39, 0.29) is 5.91 Å². The van der Waals surface area contributed by atoms with Crippen molar-refractivity contribution < 1.29 is 4.79 Å². The fourth-order valence-corrected chi connectivity index (χ4v) is 4.11. The summed E-state index contributed by atoms with van der Waals surface area (Å²) in [7, 11) is 0. The highest BCUT2D eigenvalue weighted by Crippen LogP contribution is 2.19. The monoisotopic (exact) mass is 402 g/mol. The van der Waals surface area contributed by atoms with Gasteiger partial charge in [0.25, 0.3) is 5.91 Å². The number of thiophene rings is 1. The first kappa shape index (κ1) is 19.1. The van der Waals surface area contributed by atoms with Gasteiger partial charge in [0.2, 0.25) is 0 Å². The van der Waals surface area contributed by atoms with E-state index < -0.39 is 0 Å². The molecule has 2 aromatic carbocycles. The predicted molar refractivity (Wildman–Crippen MR) is 115 cm³/mol. The van der Waals surface area contributed by atoms with Crippen LogP contribution < -0.4 is 0 Å². The van der Waals surface area contributed by atoms with Crippen molar-refractivity contribution >= 4 is 17.2 Å². The summed E-state index contributed by atoms with van der Waals surface area (Å²) in [6.07, 6.45) is 3.96. The van der Waals surface area contributed by atoms with Gasteiger partial charge in [0.15, 0.2) is 0 Å². The molecule has 0 bridgehead atoms. The Balaban J connectivity index is 1.52. The molecule has 0 unspecified atom stereocenters. The zero-order chi connectivity index (χ0) is 20.1. The first-order valence-electron chi connectivity index (χ1n) is 9.52. The van der Waals surface area contributed by atoms with Crippen LogP contribution in [0.1, 0.15) is 25.7 Å². The Morgan fingerprint density at radius 2 is 1.83 bits per heavy atom. The standard InChI is InChI=1S/C23H22N4OS/c1-18-7-12-22(29-18)15-26(14-13-19-5-3-2-4-6-19)23(28)20-8-10-21(11-9-20)27-17-24-16-25-27/h2-12,16-17H,13-15H2,1H3. The molecular formula is C23H22N4OS. The molecule has 0 N–H and O–H groups in total. The Bertz CT molecular complexity index is 1060. The molecule has 0 aliphatic carbocycles. The number of hydrogen-bond acceptors (Lipinski definition) is 4. The average molecular weight is 403 g/mol. The van der Waals surface area contributed by atoms with Crippen LogP contribution in [0.2, 0.25) is 0 Å². The molecule has 146 valence electrons. The summed E-state index contributed by atoms with van der Waals surface area (Å²) in [5.41, 5.74) is 2.79. The molecule has 0 atom stereocenters. The minimum atomic E-state index is 0.0390. The van der Waals surface area contributed by atoms with E-state index in [0.717, 1.165) is 12.1 Å². The van der Waals surface area contributed by atoms with E-state index in [4.69, 9.17) is 0 Å². The van der Waals surface area contributed by atoms with Gasteiger partial charge in [-0.25, -0.2) is 9.67 Å². The summed E-state index contributed by atoms with van der Waals surface area (Å²) in [6.45, 7) is 3.38. The number of nitrogens with zero attached hydrogens (tertiary/aromatic N) is 4. The Morgan fingerprint density at radius 3 is 2.48 bits per heavy atom. The van der Waals surface area contributed by atoms with Crippen LogP contribution in [0.25, 0.3) is 5.69 Å². The van der Waals surface area contributed by atoms with Crippen molar-refractivity contribution in [2.75, 3.05) is 6.54 Å². The smallest absolute Gasteiger partial charge is 0.254 e. The number of benzene rings is 2. The van der Waals surface area contributed by atoms with Gasteiger partial charge in [-0.1, -0.05) is 30.3 Å². The molecule has 1 amide bonds. The molecular weight excluding hydrogens is 380 g/mol. The lowest BCUT2D eigenvalue weighted by atomic mass is 10.1. The summed E-state index contributed by atoms with van der Waals surface area (Å²) in [5.74, 6) is 0.0390. The van der Waals surface area contributed by atoms with Crippen molar-refractivity contribution in [3.63, 3.8) is 0 Å². The number of carbonyl (C=O) groups excluding carboxylic acids is 1. The Morgan fingerprint density at radius 1 is 1.03 bits per heavy atom. The lowest BCUT2D eigenvalue weighted by Crippen LogP contribution is -2.32. The summed E-state index contributed by atoms with van der Waals surface area (Å²) in [5, 5.41) is 4.13. The zero-order valence-corrected chi connectivity index (χ0v) is 17.0. The van der Waals surface area contributed by atoms with Crippen molar-refractivity contribution in [2.24, 2.45) is 0 Å². The van der Waals surface area contributed by atoms with Gasteiger partial charge in [0, 0.05) is 21.9 Å². The summed E-state index contributed by atoms with van der Waals surface area (Å²) >= 11 is 1.74. The minimum Gasteiger partial charge on any atom is -0.333 e. The van der Waals surface area contributed by atoms with Gasteiger partial charge in [0.1, 0.15) is 12.7 Å². The molecule has 4 rings (SSSR count). The van der Waals surface area contributed by atoms with Crippen LogP contribution in [0.5, 0.6) is 0 Å². The molecule has 0 saturated carbocycles. The molecule has 5 nitrogen and oxygen atoms in total. The Hall–Kier alpha value is -3.25. The SMILES string of the molecule is Cc1ccc(CN(CCc2ccccc2)C(=O)c2ccc(-n3cncn3)cc2)s1. The first-order chi connectivity index (χ1) is 14.2. The molecule has 0 radical (unpaired) electrons. The second-order valence-electron chi connectivity index (χ2n) is 6.86. The fraction of sp³-hybridized carbons (Fsp3) is 0.174. The molecule has 0 aliphatic heterocycles. The van der Waals surface area contributed by atoms with Crippen LogP contribution in [0.3, 0.4) is 0 Å². The fourth-order valence-electron chi connectivity index (χ4n) is 3.20. The van der Waals surface area contributed by atoms with Crippen molar-refractivity contribution in [1.82, 2.24) is 19.7 Å². The third kappa shape index (κ3) is 4.78. The number of carbonyl (C=O) groups is 1. The van der Waals surface area contributed by atoms with Crippen LogP contribution in [-0.2, 0) is 13.0 Å². The highest BCUT2D eigenvalue weighted by atomic mass is 32.1. The van der Waals surface area contributed by atoms with Crippen molar-refractivity contribution in [3.8, 4) is 5.69 Å². The molecule has 2 heterocycles. The minimum absolute atomic E-state index is 0.0390. The molecule has 0 fully saturated rings. The van der Waals surface area contributed by atoms with Crippen LogP contribution in [0.15, 0.2) is 79.4 Å². The highest BCUT2D eigenvalue weighted by molar-refractivity contribution is 7.11. The van der Waals surface area contributed by atoms with Gasteiger partial charge in [-0.3, -0.25) is 4.79 Å². The molecule has 2 aromatic heterocycles. The lowest BCUT2D eigenvalue weighted by Gasteiger charge is -2.22. The van der Waals surface area contributed by atoms with Gasteiger partial charge in [-0.2, -0.15) is 5.10 Å². The van der Waals surface area contributed by atoms with E-state index in [1.807, 2.05) is 47.4 Å². The van der Waals surface area contributed by atoms with E-state index >= 15 is 0 Å². The number of hydrogen-bond donors (Lipinski definition) is 0. The van der Waals surface area contributed by atoms with E-state index in [0.29, 0.717) is 18.7 Å². The second-order valence-corrected chi connectivity index (χ2v) is 8.23. The second kappa shape index (κ2) is 8.84. The maximum absolute atomic E-state index is 13.3. The summed E-state index contributed by atoms with van der Waals surface area (Å²) in [6, 6.07) is 22.0. The van der Waals surface area contributed by atoms with Gasteiger partial charge >= 0.3 is 0 Å². The largest absolute Gasteiger partial charge is 0.333 e. The van der Waals surface area contributed by atoms with Gasteiger partial charge in [-0.05, 0) is 55.3 Å². The molecule has 0 aliphatic rings. The number of aromatic nitrogens is 3. The topological polar surface area (TPSA) is 51.0 Å². The molecule has 0 spiro atoms. The van der Waals surface area contributed by atoms with Crippen LogP contribution in [-0.4, -0.2) is 32.1 Å². The first-order valence-corrected chi connectivity index (χ1v) is 10.3. The van der Waals surface area contributed by atoms with E-state index in [9.17, 15) is 4.79 Å². The molecule has 6 heteroatoms. The van der Waals surface area contributed by atoms with Gasteiger partial charge in [0.05, 0.1) is 12.2 Å². The third-order valence-electron chi connectivity index (χ3n) is 4.74. The van der Waals surface area contributed by atoms with Crippen LogP contribution in [0.4, 0.5) is 0 Å². The van der Waals surface area contributed by atoms with Gasteiger partial charge < -0.3 is 4.90 Å². The van der Waals surface area contributed by atoms with Crippen molar-refractivity contribution in [1.29, 1.82) is 0 Å². The number of rotatable bonds is 7. The summed E-state index contributed by atoms with van der Waals surface area (Å²) in [4.78, 5) is 21.6. The zero-order valence-electron chi connectivity index (χ0n) is 16.2. The Kier molecular flexibility index (Phi) is 5.81. The van der Waals surface area contributed by atoms with Crippen LogP contribution >= 0.6 is 11.3 Å². The average Bonchev–Trinajstić information content (AvgIpc) is 3.43. The maximum atomic E-state index is 13.3. The quantitative estimate of drug-likeness (QED) is 0.457. The molecule has 4 aromatic rings. The summed E-state index contributed by atoms with van der Waals surface area (Å²) < 4.78 is 1.68. The highest BCUT2D eigenvalue weighted by Gasteiger charge is 2.17. The number of aryl methyl sites for hydroxylation is 1. The van der Waals surface area contributed by atoms with E-state index in [1.54, 1.807) is 22.3 Å². The normalized spacial score (nSPS) is 10.8. The van der Waals surface area contributed by atoms with Crippen molar-refractivity contribution in [3.05, 3.63) is 100 Å². The van der Waals surface area contributed by atoms with E-state index in [2.05, 4.69) is 41.3 Å².